The monoisotopic (exact) mass is 270 g/mol. The van der Waals surface area contributed by atoms with E-state index in [4.69, 9.17) is 0 Å². The first kappa shape index (κ1) is 16.0. The molecule has 0 aromatic carbocycles. The Labute approximate surface area is 115 Å². The molecular weight excluding hydrogens is 244 g/mol. The lowest BCUT2D eigenvalue weighted by Gasteiger charge is -2.46. The molecule has 5 heteroatoms. The second kappa shape index (κ2) is 5.90. The van der Waals surface area contributed by atoms with Crippen molar-refractivity contribution in [3.05, 3.63) is 0 Å². The number of carbonyl (C=O) groups is 2. The van der Waals surface area contributed by atoms with Gasteiger partial charge in [-0.3, -0.25) is 9.59 Å². The number of amides is 1. The van der Waals surface area contributed by atoms with Crippen molar-refractivity contribution in [3.63, 3.8) is 0 Å². The Hall–Kier alpha value is -1.10. The molecule has 1 aliphatic rings. The van der Waals surface area contributed by atoms with Crippen molar-refractivity contribution >= 4 is 11.9 Å². The predicted molar refractivity (Wildman–Crippen MR) is 73.8 cm³/mol. The molecule has 0 bridgehead atoms. The van der Waals surface area contributed by atoms with Crippen molar-refractivity contribution < 1.29 is 14.7 Å². The normalized spacial score (nSPS) is 29.8. The van der Waals surface area contributed by atoms with Gasteiger partial charge in [-0.1, -0.05) is 20.8 Å². The summed E-state index contributed by atoms with van der Waals surface area (Å²) in [5.74, 6) is -0.743. The van der Waals surface area contributed by atoms with Crippen LogP contribution in [0.5, 0.6) is 0 Å². The Bertz CT molecular complexity index is 353. The molecule has 0 aromatic rings. The van der Waals surface area contributed by atoms with Crippen LogP contribution in [0, 0.1) is 17.3 Å². The SMILES string of the molecule is CC1C(NCC(=O)N(C)C)CCC(C(=O)O)C1(C)C. The van der Waals surface area contributed by atoms with E-state index in [1.807, 2.05) is 13.8 Å². The second-order valence-corrected chi connectivity index (χ2v) is 6.35. The topological polar surface area (TPSA) is 69.6 Å². The van der Waals surface area contributed by atoms with E-state index in [2.05, 4.69) is 12.2 Å². The number of carboxylic acid groups (broad SMARTS) is 1. The van der Waals surface area contributed by atoms with Gasteiger partial charge >= 0.3 is 5.97 Å². The molecule has 0 aliphatic heterocycles. The van der Waals surface area contributed by atoms with Crippen LogP contribution in [0.15, 0.2) is 0 Å². The van der Waals surface area contributed by atoms with Gasteiger partial charge in [-0.15, -0.1) is 0 Å². The highest BCUT2D eigenvalue weighted by Crippen LogP contribution is 2.44. The van der Waals surface area contributed by atoms with Crippen molar-refractivity contribution in [2.24, 2.45) is 17.3 Å². The lowest BCUT2D eigenvalue weighted by atomic mass is 9.61. The maximum Gasteiger partial charge on any atom is 0.307 e. The quantitative estimate of drug-likeness (QED) is 0.805. The summed E-state index contributed by atoms with van der Waals surface area (Å²) in [5, 5.41) is 12.6. The smallest absolute Gasteiger partial charge is 0.307 e. The molecule has 1 saturated carbocycles. The number of aliphatic carboxylic acids is 1. The molecule has 0 spiro atoms. The lowest BCUT2D eigenvalue weighted by Crippen LogP contribution is -2.52. The van der Waals surface area contributed by atoms with Crippen LogP contribution in [0.2, 0.25) is 0 Å². The summed E-state index contributed by atoms with van der Waals surface area (Å²) < 4.78 is 0. The molecule has 1 amide bonds. The molecule has 19 heavy (non-hydrogen) atoms. The van der Waals surface area contributed by atoms with E-state index < -0.39 is 5.97 Å². The minimum atomic E-state index is -0.709. The minimum Gasteiger partial charge on any atom is -0.481 e. The third-order valence-electron chi connectivity index (χ3n) is 4.75. The van der Waals surface area contributed by atoms with Gasteiger partial charge in [0.2, 0.25) is 5.91 Å². The Morgan fingerprint density at radius 2 is 1.89 bits per heavy atom. The molecule has 110 valence electrons. The van der Waals surface area contributed by atoms with E-state index in [-0.39, 0.29) is 29.2 Å². The Morgan fingerprint density at radius 3 is 2.37 bits per heavy atom. The molecule has 0 saturated heterocycles. The molecular formula is C14H26N2O3. The van der Waals surface area contributed by atoms with E-state index in [0.717, 1.165) is 6.42 Å². The zero-order valence-corrected chi connectivity index (χ0v) is 12.6. The zero-order chi connectivity index (χ0) is 14.8. The van der Waals surface area contributed by atoms with Gasteiger partial charge in [0.25, 0.3) is 0 Å². The van der Waals surface area contributed by atoms with Crippen LogP contribution in [0.4, 0.5) is 0 Å². The Kier molecular flexibility index (Phi) is 4.96. The van der Waals surface area contributed by atoms with Gasteiger partial charge in [0, 0.05) is 20.1 Å². The van der Waals surface area contributed by atoms with E-state index in [1.54, 1.807) is 19.0 Å². The molecule has 3 unspecified atom stereocenters. The maximum atomic E-state index is 11.6. The largest absolute Gasteiger partial charge is 0.481 e. The molecule has 5 nitrogen and oxygen atoms in total. The minimum absolute atomic E-state index is 0.0466. The molecule has 1 fully saturated rings. The van der Waals surface area contributed by atoms with Crippen molar-refractivity contribution in [3.8, 4) is 0 Å². The molecule has 1 aliphatic carbocycles. The first-order chi connectivity index (χ1) is 8.67. The predicted octanol–water partition coefficient (Wildman–Crippen LogP) is 1.19. The number of nitrogens with zero attached hydrogens (tertiary/aromatic N) is 1. The Balaban J connectivity index is 2.65. The summed E-state index contributed by atoms with van der Waals surface area (Å²) in [5.41, 5.74) is -0.261. The van der Waals surface area contributed by atoms with Gasteiger partial charge in [0.15, 0.2) is 0 Å². The molecule has 0 heterocycles. The first-order valence-corrected chi connectivity index (χ1v) is 6.84. The van der Waals surface area contributed by atoms with Gasteiger partial charge in [-0.25, -0.2) is 0 Å². The summed E-state index contributed by atoms with van der Waals surface area (Å²) in [7, 11) is 3.47. The standard InChI is InChI=1S/C14H26N2O3/c1-9-11(15-8-12(17)16(4)5)7-6-10(13(18)19)14(9,2)3/h9-11,15H,6-8H2,1-5H3,(H,18,19). The lowest BCUT2D eigenvalue weighted by molar-refractivity contribution is -0.150. The molecule has 2 N–H and O–H groups in total. The van der Waals surface area contributed by atoms with Gasteiger partial charge < -0.3 is 15.3 Å². The van der Waals surface area contributed by atoms with Crippen molar-refractivity contribution in [2.75, 3.05) is 20.6 Å². The third-order valence-corrected chi connectivity index (χ3v) is 4.75. The number of rotatable bonds is 4. The fourth-order valence-corrected chi connectivity index (χ4v) is 2.90. The number of likely N-dealkylation sites (N-methyl/N-ethyl adjacent to an activating group) is 1. The number of carbonyl (C=O) groups excluding carboxylic acids is 1. The van der Waals surface area contributed by atoms with Crippen LogP contribution in [0.3, 0.4) is 0 Å². The highest BCUT2D eigenvalue weighted by atomic mass is 16.4. The van der Waals surface area contributed by atoms with Crippen molar-refractivity contribution in [1.82, 2.24) is 10.2 Å². The summed E-state index contributed by atoms with van der Waals surface area (Å²) in [4.78, 5) is 24.5. The summed E-state index contributed by atoms with van der Waals surface area (Å²) >= 11 is 0. The second-order valence-electron chi connectivity index (χ2n) is 6.35. The molecule has 0 aromatic heterocycles. The fourth-order valence-electron chi connectivity index (χ4n) is 2.90. The van der Waals surface area contributed by atoms with Crippen molar-refractivity contribution in [1.29, 1.82) is 0 Å². The number of nitrogens with one attached hydrogen (secondary N) is 1. The van der Waals surface area contributed by atoms with E-state index in [1.165, 1.54) is 0 Å². The van der Waals surface area contributed by atoms with E-state index in [9.17, 15) is 14.7 Å². The van der Waals surface area contributed by atoms with Crippen LogP contribution >= 0.6 is 0 Å². The summed E-state index contributed by atoms with van der Waals surface area (Å²) in [6, 6.07) is 0.203. The van der Waals surface area contributed by atoms with Crippen LogP contribution < -0.4 is 5.32 Å². The van der Waals surface area contributed by atoms with Crippen LogP contribution in [0.25, 0.3) is 0 Å². The van der Waals surface area contributed by atoms with Crippen LogP contribution in [-0.4, -0.2) is 48.6 Å². The van der Waals surface area contributed by atoms with Gasteiger partial charge in [0.1, 0.15) is 0 Å². The average molecular weight is 270 g/mol. The zero-order valence-electron chi connectivity index (χ0n) is 12.6. The summed E-state index contributed by atoms with van der Waals surface area (Å²) in [6.07, 6.45) is 1.47. The van der Waals surface area contributed by atoms with E-state index >= 15 is 0 Å². The fraction of sp³-hybridized carbons (Fsp3) is 0.857. The number of hydrogen-bond acceptors (Lipinski definition) is 3. The van der Waals surface area contributed by atoms with Gasteiger partial charge in [0.05, 0.1) is 12.5 Å². The van der Waals surface area contributed by atoms with Crippen LogP contribution in [0.1, 0.15) is 33.6 Å². The number of hydrogen-bond donors (Lipinski definition) is 2. The Morgan fingerprint density at radius 1 is 1.32 bits per heavy atom. The highest BCUT2D eigenvalue weighted by molar-refractivity contribution is 5.77. The first-order valence-electron chi connectivity index (χ1n) is 6.84. The van der Waals surface area contributed by atoms with E-state index in [0.29, 0.717) is 13.0 Å². The van der Waals surface area contributed by atoms with Crippen molar-refractivity contribution in [2.45, 2.75) is 39.7 Å². The molecule has 3 atom stereocenters. The van der Waals surface area contributed by atoms with Gasteiger partial charge in [-0.05, 0) is 24.2 Å². The average Bonchev–Trinajstić information content (AvgIpc) is 2.29. The van der Waals surface area contributed by atoms with Crippen LogP contribution in [-0.2, 0) is 9.59 Å². The molecule has 1 rings (SSSR count). The van der Waals surface area contributed by atoms with Gasteiger partial charge in [-0.2, -0.15) is 0 Å². The highest BCUT2D eigenvalue weighted by Gasteiger charge is 2.46. The third kappa shape index (κ3) is 3.47. The summed E-state index contributed by atoms with van der Waals surface area (Å²) in [6.45, 7) is 6.42. The maximum absolute atomic E-state index is 11.6. The molecule has 0 radical (unpaired) electrons. The number of carboxylic acids is 1.